The molecule has 2 amide bonds. The van der Waals surface area contributed by atoms with Crippen molar-refractivity contribution in [2.24, 2.45) is 0 Å². The molecule has 5 nitrogen and oxygen atoms in total. The third-order valence-electron chi connectivity index (χ3n) is 2.72. The van der Waals surface area contributed by atoms with Crippen molar-refractivity contribution in [1.29, 1.82) is 0 Å². The summed E-state index contributed by atoms with van der Waals surface area (Å²) in [7, 11) is 0. The molecule has 2 N–H and O–H groups in total. The third kappa shape index (κ3) is 4.38. The zero-order chi connectivity index (χ0) is 15.1. The first-order chi connectivity index (χ1) is 10.2. The van der Waals surface area contributed by atoms with E-state index in [-0.39, 0.29) is 12.2 Å². The van der Waals surface area contributed by atoms with E-state index in [4.69, 9.17) is 0 Å². The number of halogens is 1. The minimum atomic E-state index is -0.902. The van der Waals surface area contributed by atoms with Crippen molar-refractivity contribution in [3.05, 3.63) is 60.2 Å². The molecule has 0 aliphatic carbocycles. The van der Waals surface area contributed by atoms with E-state index in [0.29, 0.717) is 6.42 Å². The fourth-order valence-corrected chi connectivity index (χ4v) is 1.67. The van der Waals surface area contributed by atoms with Crippen molar-refractivity contribution in [2.45, 2.75) is 6.42 Å². The third-order valence-corrected chi connectivity index (χ3v) is 2.72. The molecule has 6 heteroatoms. The van der Waals surface area contributed by atoms with Gasteiger partial charge in [0.1, 0.15) is 5.82 Å². The summed E-state index contributed by atoms with van der Waals surface area (Å²) < 4.78 is 13.3. The molecule has 1 aromatic carbocycles. The maximum Gasteiger partial charge on any atom is 0.313 e. The van der Waals surface area contributed by atoms with Crippen LogP contribution in [0.25, 0.3) is 0 Å². The molecule has 108 valence electrons. The number of amides is 2. The molecule has 0 spiro atoms. The number of hydrogen-bond donors (Lipinski definition) is 2. The van der Waals surface area contributed by atoms with Gasteiger partial charge in [-0.15, -0.1) is 0 Å². The molecule has 2 aromatic rings. The van der Waals surface area contributed by atoms with Crippen LogP contribution < -0.4 is 10.6 Å². The molecule has 0 fully saturated rings. The van der Waals surface area contributed by atoms with Crippen molar-refractivity contribution in [3.63, 3.8) is 0 Å². The Morgan fingerprint density at radius 2 is 1.81 bits per heavy atom. The van der Waals surface area contributed by atoms with E-state index in [9.17, 15) is 14.0 Å². The number of hydrogen-bond acceptors (Lipinski definition) is 3. The Kier molecular flexibility index (Phi) is 4.98. The first-order valence-electron chi connectivity index (χ1n) is 6.40. The van der Waals surface area contributed by atoms with Gasteiger partial charge in [0, 0.05) is 24.9 Å². The monoisotopic (exact) mass is 287 g/mol. The van der Waals surface area contributed by atoms with Gasteiger partial charge in [0.25, 0.3) is 0 Å². The molecular formula is C15H14FN3O2. The number of anilines is 1. The van der Waals surface area contributed by atoms with E-state index in [1.165, 1.54) is 18.2 Å². The lowest BCUT2D eigenvalue weighted by molar-refractivity contribution is -0.136. The molecule has 0 unspecified atom stereocenters. The normalized spacial score (nSPS) is 9.95. The van der Waals surface area contributed by atoms with E-state index in [1.807, 2.05) is 12.1 Å². The van der Waals surface area contributed by atoms with Crippen molar-refractivity contribution >= 4 is 17.5 Å². The van der Waals surface area contributed by atoms with Gasteiger partial charge in [-0.05, 0) is 24.3 Å². The number of para-hydroxylation sites is 1. The average molecular weight is 287 g/mol. The summed E-state index contributed by atoms with van der Waals surface area (Å²) in [6, 6.07) is 11.1. The molecule has 0 bridgehead atoms. The summed E-state index contributed by atoms with van der Waals surface area (Å²) in [6.07, 6.45) is 2.17. The van der Waals surface area contributed by atoms with Crippen LogP contribution in [0.1, 0.15) is 5.69 Å². The Morgan fingerprint density at radius 1 is 1.05 bits per heavy atom. The molecule has 1 aromatic heterocycles. The second-order valence-corrected chi connectivity index (χ2v) is 4.26. The SMILES string of the molecule is O=C(NCCc1ccccn1)C(=O)Nc1ccccc1F. The summed E-state index contributed by atoms with van der Waals surface area (Å²) in [5.74, 6) is -2.30. The van der Waals surface area contributed by atoms with Gasteiger partial charge in [-0.2, -0.15) is 0 Å². The molecule has 0 saturated heterocycles. The lowest BCUT2D eigenvalue weighted by Gasteiger charge is -2.07. The predicted octanol–water partition coefficient (Wildman–Crippen LogP) is 1.52. The largest absolute Gasteiger partial charge is 0.347 e. The van der Waals surface area contributed by atoms with E-state index in [2.05, 4.69) is 15.6 Å². The minimum absolute atomic E-state index is 0.0256. The van der Waals surface area contributed by atoms with Crippen LogP contribution >= 0.6 is 0 Å². The number of carbonyl (C=O) groups excluding carboxylic acids is 2. The molecule has 0 atom stereocenters. The zero-order valence-corrected chi connectivity index (χ0v) is 11.2. The highest BCUT2D eigenvalue weighted by Crippen LogP contribution is 2.11. The average Bonchev–Trinajstić information content (AvgIpc) is 2.50. The van der Waals surface area contributed by atoms with Gasteiger partial charge >= 0.3 is 11.8 Å². The number of rotatable bonds is 4. The Morgan fingerprint density at radius 3 is 2.52 bits per heavy atom. The van der Waals surface area contributed by atoms with Crippen molar-refractivity contribution < 1.29 is 14.0 Å². The van der Waals surface area contributed by atoms with Crippen LogP contribution in [0.3, 0.4) is 0 Å². The fraction of sp³-hybridized carbons (Fsp3) is 0.133. The van der Waals surface area contributed by atoms with Crippen LogP contribution in [0.5, 0.6) is 0 Å². The first-order valence-corrected chi connectivity index (χ1v) is 6.40. The molecule has 2 rings (SSSR count). The lowest BCUT2D eigenvalue weighted by atomic mass is 10.2. The number of benzene rings is 1. The molecule has 1 heterocycles. The summed E-state index contributed by atoms with van der Waals surface area (Å²) >= 11 is 0. The second kappa shape index (κ2) is 7.14. The second-order valence-electron chi connectivity index (χ2n) is 4.26. The maximum atomic E-state index is 13.3. The highest BCUT2D eigenvalue weighted by Gasteiger charge is 2.14. The lowest BCUT2D eigenvalue weighted by Crippen LogP contribution is -2.36. The van der Waals surface area contributed by atoms with Crippen LogP contribution in [0.2, 0.25) is 0 Å². The quantitative estimate of drug-likeness (QED) is 0.838. The van der Waals surface area contributed by atoms with E-state index in [0.717, 1.165) is 5.69 Å². The Balaban J connectivity index is 1.81. The van der Waals surface area contributed by atoms with E-state index in [1.54, 1.807) is 18.3 Å². The zero-order valence-electron chi connectivity index (χ0n) is 11.2. The Hall–Kier alpha value is -2.76. The highest BCUT2D eigenvalue weighted by atomic mass is 19.1. The molecule has 0 aliphatic rings. The van der Waals surface area contributed by atoms with Gasteiger partial charge in [-0.1, -0.05) is 18.2 Å². The van der Waals surface area contributed by atoms with Gasteiger partial charge in [0.15, 0.2) is 0 Å². The van der Waals surface area contributed by atoms with Gasteiger partial charge in [0.2, 0.25) is 0 Å². The molecular weight excluding hydrogens is 273 g/mol. The summed E-state index contributed by atoms with van der Waals surface area (Å²) in [5, 5.41) is 4.67. The van der Waals surface area contributed by atoms with Crippen LogP contribution in [-0.4, -0.2) is 23.3 Å². The van der Waals surface area contributed by atoms with E-state index < -0.39 is 17.6 Å². The van der Waals surface area contributed by atoms with Gasteiger partial charge in [-0.3, -0.25) is 14.6 Å². The fourth-order valence-electron chi connectivity index (χ4n) is 1.67. The maximum absolute atomic E-state index is 13.3. The molecule has 0 radical (unpaired) electrons. The number of nitrogens with one attached hydrogen (secondary N) is 2. The van der Waals surface area contributed by atoms with Gasteiger partial charge in [-0.25, -0.2) is 4.39 Å². The Bertz CT molecular complexity index is 632. The van der Waals surface area contributed by atoms with Crippen molar-refractivity contribution in [2.75, 3.05) is 11.9 Å². The van der Waals surface area contributed by atoms with Crippen LogP contribution in [0.15, 0.2) is 48.7 Å². The number of carbonyl (C=O) groups is 2. The topological polar surface area (TPSA) is 71.1 Å². The predicted molar refractivity (Wildman–Crippen MR) is 76.0 cm³/mol. The standard InChI is InChI=1S/C15H14FN3O2/c16-12-6-1-2-7-13(12)19-15(21)14(20)18-10-8-11-5-3-4-9-17-11/h1-7,9H,8,10H2,(H,18,20)(H,19,21). The molecule has 21 heavy (non-hydrogen) atoms. The number of nitrogens with zero attached hydrogens (tertiary/aromatic N) is 1. The van der Waals surface area contributed by atoms with Gasteiger partial charge < -0.3 is 10.6 Å². The van der Waals surface area contributed by atoms with E-state index >= 15 is 0 Å². The smallest absolute Gasteiger partial charge is 0.313 e. The first kappa shape index (κ1) is 14.6. The van der Waals surface area contributed by atoms with Crippen molar-refractivity contribution in [1.82, 2.24) is 10.3 Å². The minimum Gasteiger partial charge on any atom is -0.347 e. The number of aromatic nitrogens is 1. The van der Waals surface area contributed by atoms with Crippen LogP contribution in [0.4, 0.5) is 10.1 Å². The molecule has 0 aliphatic heterocycles. The Labute approximate surface area is 121 Å². The number of pyridine rings is 1. The summed E-state index contributed by atoms with van der Waals surface area (Å²) in [6.45, 7) is 0.278. The summed E-state index contributed by atoms with van der Waals surface area (Å²) in [4.78, 5) is 27.3. The molecule has 0 saturated carbocycles. The van der Waals surface area contributed by atoms with Gasteiger partial charge in [0.05, 0.1) is 5.69 Å². The van der Waals surface area contributed by atoms with Crippen LogP contribution in [0, 0.1) is 5.82 Å². The van der Waals surface area contributed by atoms with Crippen LogP contribution in [-0.2, 0) is 16.0 Å². The highest BCUT2D eigenvalue weighted by molar-refractivity contribution is 6.39. The summed E-state index contributed by atoms with van der Waals surface area (Å²) in [5.41, 5.74) is 0.787. The van der Waals surface area contributed by atoms with Crippen molar-refractivity contribution in [3.8, 4) is 0 Å².